The zero-order valence-corrected chi connectivity index (χ0v) is 9.30. The van der Waals surface area contributed by atoms with Crippen molar-refractivity contribution in [1.29, 1.82) is 0 Å². The van der Waals surface area contributed by atoms with Gasteiger partial charge in [-0.05, 0) is 63.7 Å². The van der Waals surface area contributed by atoms with E-state index in [1.165, 1.54) is 64.6 Å². The van der Waals surface area contributed by atoms with Gasteiger partial charge in [0.2, 0.25) is 0 Å². The number of rotatable bonds is 4. The predicted molar refractivity (Wildman–Crippen MR) is 60.2 cm³/mol. The minimum Gasteiger partial charge on any atom is -0.330 e. The molecular formula is C12H24N2. The van der Waals surface area contributed by atoms with Crippen molar-refractivity contribution in [2.24, 2.45) is 11.1 Å². The van der Waals surface area contributed by atoms with Crippen molar-refractivity contribution in [3.05, 3.63) is 0 Å². The van der Waals surface area contributed by atoms with Crippen LogP contribution in [0.15, 0.2) is 0 Å². The Hall–Kier alpha value is -0.0800. The smallest absolute Gasteiger partial charge is 0.00130 e. The summed E-state index contributed by atoms with van der Waals surface area (Å²) in [4.78, 5) is 2.62. The SMILES string of the molecule is NCC1(CCN2CCCC2)CCCC1. The highest BCUT2D eigenvalue weighted by Crippen LogP contribution is 2.40. The molecule has 2 rings (SSSR count). The van der Waals surface area contributed by atoms with E-state index in [0.717, 1.165) is 6.54 Å². The molecule has 0 amide bonds. The molecule has 1 saturated carbocycles. The number of nitrogens with zero attached hydrogens (tertiary/aromatic N) is 1. The van der Waals surface area contributed by atoms with E-state index in [1.807, 2.05) is 0 Å². The Morgan fingerprint density at radius 2 is 1.64 bits per heavy atom. The molecule has 0 aromatic rings. The average Bonchev–Trinajstić information content (AvgIpc) is 2.87. The summed E-state index contributed by atoms with van der Waals surface area (Å²) in [7, 11) is 0. The standard InChI is InChI=1S/C12H24N2/c13-11-12(5-1-2-6-12)7-10-14-8-3-4-9-14/h1-11,13H2. The lowest BCUT2D eigenvalue weighted by Gasteiger charge is -2.29. The molecule has 0 spiro atoms. The molecule has 2 nitrogen and oxygen atoms in total. The van der Waals surface area contributed by atoms with Gasteiger partial charge < -0.3 is 10.6 Å². The Kier molecular flexibility index (Phi) is 3.45. The van der Waals surface area contributed by atoms with E-state index in [-0.39, 0.29) is 0 Å². The Morgan fingerprint density at radius 1 is 1.00 bits per heavy atom. The van der Waals surface area contributed by atoms with E-state index in [9.17, 15) is 0 Å². The van der Waals surface area contributed by atoms with Crippen molar-refractivity contribution >= 4 is 0 Å². The fourth-order valence-corrected chi connectivity index (χ4v) is 3.08. The molecule has 2 fully saturated rings. The van der Waals surface area contributed by atoms with E-state index >= 15 is 0 Å². The Balaban J connectivity index is 1.76. The molecule has 0 aromatic heterocycles. The summed E-state index contributed by atoms with van der Waals surface area (Å²) in [5.41, 5.74) is 6.47. The van der Waals surface area contributed by atoms with Crippen LogP contribution in [0.25, 0.3) is 0 Å². The molecule has 1 aliphatic carbocycles. The average molecular weight is 196 g/mol. The van der Waals surface area contributed by atoms with Crippen molar-refractivity contribution < 1.29 is 0 Å². The summed E-state index contributed by atoms with van der Waals surface area (Å²) in [6.45, 7) is 4.89. The van der Waals surface area contributed by atoms with Crippen LogP contribution in [0.1, 0.15) is 44.9 Å². The molecule has 2 N–H and O–H groups in total. The minimum atomic E-state index is 0.530. The third-order valence-corrected chi connectivity index (χ3v) is 4.25. The van der Waals surface area contributed by atoms with Crippen LogP contribution in [0.2, 0.25) is 0 Å². The zero-order valence-electron chi connectivity index (χ0n) is 9.30. The third kappa shape index (κ3) is 2.29. The Bertz CT molecular complexity index is 167. The zero-order chi connectivity index (χ0) is 9.86. The van der Waals surface area contributed by atoms with Crippen molar-refractivity contribution in [2.45, 2.75) is 44.9 Å². The molecule has 14 heavy (non-hydrogen) atoms. The van der Waals surface area contributed by atoms with Crippen LogP contribution < -0.4 is 5.73 Å². The van der Waals surface area contributed by atoms with E-state index in [4.69, 9.17) is 5.73 Å². The van der Waals surface area contributed by atoms with Gasteiger partial charge in [0.1, 0.15) is 0 Å². The van der Waals surface area contributed by atoms with E-state index < -0.39 is 0 Å². The molecule has 1 saturated heterocycles. The molecule has 2 heteroatoms. The van der Waals surface area contributed by atoms with Gasteiger partial charge in [-0.1, -0.05) is 12.8 Å². The normalized spacial score (nSPS) is 27.2. The van der Waals surface area contributed by atoms with E-state index in [0.29, 0.717) is 5.41 Å². The highest BCUT2D eigenvalue weighted by Gasteiger charge is 2.32. The second kappa shape index (κ2) is 4.63. The van der Waals surface area contributed by atoms with Crippen LogP contribution in [0.4, 0.5) is 0 Å². The second-order valence-electron chi connectivity index (χ2n) is 5.21. The second-order valence-corrected chi connectivity index (χ2v) is 5.21. The minimum absolute atomic E-state index is 0.530. The van der Waals surface area contributed by atoms with Gasteiger partial charge in [0.05, 0.1) is 0 Å². The van der Waals surface area contributed by atoms with Crippen LogP contribution in [-0.4, -0.2) is 31.1 Å². The lowest BCUT2D eigenvalue weighted by atomic mass is 9.83. The maximum atomic E-state index is 5.94. The number of likely N-dealkylation sites (tertiary alicyclic amines) is 1. The largest absolute Gasteiger partial charge is 0.330 e. The number of nitrogens with two attached hydrogens (primary N) is 1. The lowest BCUT2D eigenvalue weighted by Crippen LogP contribution is -2.32. The molecule has 2 aliphatic rings. The summed E-state index contributed by atoms with van der Waals surface area (Å²) in [5.74, 6) is 0. The molecule has 1 aliphatic heterocycles. The molecular weight excluding hydrogens is 172 g/mol. The van der Waals surface area contributed by atoms with Crippen molar-refractivity contribution in [1.82, 2.24) is 4.90 Å². The van der Waals surface area contributed by atoms with Gasteiger partial charge in [-0.15, -0.1) is 0 Å². The van der Waals surface area contributed by atoms with Crippen molar-refractivity contribution in [3.8, 4) is 0 Å². The first kappa shape index (κ1) is 10.4. The summed E-state index contributed by atoms with van der Waals surface area (Å²) >= 11 is 0. The number of hydrogen-bond acceptors (Lipinski definition) is 2. The van der Waals surface area contributed by atoms with Gasteiger partial charge in [-0.25, -0.2) is 0 Å². The van der Waals surface area contributed by atoms with Gasteiger partial charge in [0, 0.05) is 0 Å². The monoisotopic (exact) mass is 196 g/mol. The van der Waals surface area contributed by atoms with Crippen molar-refractivity contribution in [3.63, 3.8) is 0 Å². The highest BCUT2D eigenvalue weighted by molar-refractivity contribution is 4.86. The molecule has 0 unspecified atom stereocenters. The van der Waals surface area contributed by atoms with Crippen LogP contribution >= 0.6 is 0 Å². The first-order chi connectivity index (χ1) is 6.85. The molecule has 1 heterocycles. The first-order valence-corrected chi connectivity index (χ1v) is 6.27. The first-order valence-electron chi connectivity index (χ1n) is 6.27. The topological polar surface area (TPSA) is 29.3 Å². The van der Waals surface area contributed by atoms with Gasteiger partial charge in [0.25, 0.3) is 0 Å². The van der Waals surface area contributed by atoms with Crippen LogP contribution in [-0.2, 0) is 0 Å². The molecule has 82 valence electrons. The van der Waals surface area contributed by atoms with Gasteiger partial charge in [-0.2, -0.15) is 0 Å². The quantitative estimate of drug-likeness (QED) is 0.745. The maximum absolute atomic E-state index is 5.94. The van der Waals surface area contributed by atoms with Crippen molar-refractivity contribution in [2.75, 3.05) is 26.2 Å². The fraction of sp³-hybridized carbons (Fsp3) is 1.00. The fourth-order valence-electron chi connectivity index (χ4n) is 3.08. The third-order valence-electron chi connectivity index (χ3n) is 4.25. The predicted octanol–water partition coefficient (Wildman–Crippen LogP) is 1.99. The van der Waals surface area contributed by atoms with E-state index in [2.05, 4.69) is 4.90 Å². The molecule has 0 atom stereocenters. The highest BCUT2D eigenvalue weighted by atomic mass is 15.1. The molecule has 0 aromatic carbocycles. The molecule has 0 radical (unpaired) electrons. The summed E-state index contributed by atoms with van der Waals surface area (Å²) < 4.78 is 0. The maximum Gasteiger partial charge on any atom is -0.00130 e. The van der Waals surface area contributed by atoms with Gasteiger partial charge >= 0.3 is 0 Å². The van der Waals surface area contributed by atoms with Crippen LogP contribution in [0.3, 0.4) is 0 Å². The lowest BCUT2D eigenvalue weighted by molar-refractivity contribution is 0.222. The summed E-state index contributed by atoms with van der Waals surface area (Å²) in [6, 6.07) is 0. The van der Waals surface area contributed by atoms with E-state index in [1.54, 1.807) is 0 Å². The Morgan fingerprint density at radius 3 is 2.21 bits per heavy atom. The summed E-state index contributed by atoms with van der Waals surface area (Å²) in [5, 5.41) is 0. The van der Waals surface area contributed by atoms with Gasteiger partial charge in [0.15, 0.2) is 0 Å². The number of hydrogen-bond donors (Lipinski definition) is 1. The van der Waals surface area contributed by atoms with Crippen LogP contribution in [0.5, 0.6) is 0 Å². The Labute approximate surface area is 87.8 Å². The van der Waals surface area contributed by atoms with Crippen LogP contribution in [0, 0.1) is 5.41 Å². The summed E-state index contributed by atoms with van der Waals surface area (Å²) in [6.07, 6.45) is 9.78. The molecule has 0 bridgehead atoms. The van der Waals surface area contributed by atoms with Gasteiger partial charge in [-0.3, -0.25) is 0 Å².